The van der Waals surface area contributed by atoms with Gasteiger partial charge >= 0.3 is 30.6 Å². The fourth-order valence-corrected chi connectivity index (χ4v) is 6.58. The van der Waals surface area contributed by atoms with Crippen LogP contribution in [0.3, 0.4) is 0 Å². The van der Waals surface area contributed by atoms with E-state index in [0.29, 0.717) is 18.6 Å². The number of nitrogens with one attached hydrogen (secondary N) is 1. The number of alkyl halides is 9. The van der Waals surface area contributed by atoms with Crippen molar-refractivity contribution in [2.24, 2.45) is 5.92 Å². The van der Waals surface area contributed by atoms with Crippen LogP contribution in [0.15, 0.2) is 42.6 Å². The molecule has 3 aromatic rings. The minimum absolute atomic E-state index is 0.00291. The number of hydrogen-bond acceptors (Lipinski definition) is 8. The molecule has 0 spiro atoms. The number of ether oxygens (including phenoxy) is 1. The van der Waals surface area contributed by atoms with Gasteiger partial charge in [-0.05, 0) is 73.2 Å². The summed E-state index contributed by atoms with van der Waals surface area (Å²) in [4.78, 5) is 36.2. The average Bonchev–Trinajstić information content (AvgIpc) is 3.09. The number of carboxylic acids is 1. The highest BCUT2D eigenvalue weighted by atomic mass is 19.4. The van der Waals surface area contributed by atoms with Crippen LogP contribution in [0.5, 0.6) is 0 Å². The molecule has 3 N–H and O–H groups in total. The number of carbonyl (C=O) groups is 2. The quantitative estimate of drug-likeness (QED) is 0.188. The topological polar surface area (TPSA) is 128 Å². The molecule has 19 heteroatoms. The Morgan fingerprint density at radius 3 is 2.08 bits per heavy atom. The molecule has 0 aliphatic carbocycles. The van der Waals surface area contributed by atoms with Crippen molar-refractivity contribution < 1.29 is 64.1 Å². The summed E-state index contributed by atoms with van der Waals surface area (Å²) in [6.45, 7) is 1.19. The number of carboxylic acid groups (broad SMARTS) is 1. The number of anilines is 3. The molecule has 2 aliphatic heterocycles. The predicted octanol–water partition coefficient (Wildman–Crippen LogP) is 7.70. The summed E-state index contributed by atoms with van der Waals surface area (Å²) in [5.41, 5.74) is -4.23. The molecule has 2 atom stereocenters. The Kier molecular flexibility index (Phi) is 11.4. The van der Waals surface area contributed by atoms with E-state index in [9.17, 15) is 54.2 Å². The highest BCUT2D eigenvalue weighted by Crippen LogP contribution is 2.44. The van der Waals surface area contributed by atoms with E-state index in [1.54, 1.807) is 11.8 Å². The number of piperidine rings is 1. The molecule has 1 saturated heterocycles. The lowest BCUT2D eigenvalue weighted by Crippen LogP contribution is -2.46. The zero-order valence-corrected chi connectivity index (χ0v) is 27.9. The van der Waals surface area contributed by atoms with Crippen LogP contribution in [0.4, 0.5) is 61.6 Å². The summed E-state index contributed by atoms with van der Waals surface area (Å²) in [6.07, 6.45) is -14.5. The molecule has 53 heavy (non-hydrogen) atoms. The summed E-state index contributed by atoms with van der Waals surface area (Å²) in [5.74, 6) is -1.91. The number of halogens is 9. The number of aliphatic carboxylic acids is 1. The normalized spacial score (nSPS) is 18.5. The highest BCUT2D eigenvalue weighted by Gasteiger charge is 2.40. The van der Waals surface area contributed by atoms with Gasteiger partial charge in [0.05, 0.1) is 58.5 Å². The minimum atomic E-state index is -5.12. The van der Waals surface area contributed by atoms with Gasteiger partial charge in [-0.2, -0.15) is 39.5 Å². The number of aliphatic hydroxyl groups excluding tert-OH is 1. The molecule has 2 aliphatic rings. The smallest absolute Gasteiger partial charge is 0.416 e. The fourth-order valence-electron chi connectivity index (χ4n) is 6.58. The molecule has 0 saturated carbocycles. The predicted molar refractivity (Wildman–Crippen MR) is 171 cm³/mol. The lowest BCUT2D eigenvalue weighted by atomic mass is 9.89. The van der Waals surface area contributed by atoms with Crippen molar-refractivity contribution in [1.29, 1.82) is 0 Å². The third kappa shape index (κ3) is 9.05. The number of benzene rings is 2. The van der Waals surface area contributed by atoms with Gasteiger partial charge in [-0.3, -0.25) is 9.69 Å². The van der Waals surface area contributed by atoms with Crippen molar-refractivity contribution in [3.05, 3.63) is 76.1 Å². The van der Waals surface area contributed by atoms with E-state index in [1.165, 1.54) is 11.1 Å². The van der Waals surface area contributed by atoms with Gasteiger partial charge in [0.15, 0.2) is 0 Å². The van der Waals surface area contributed by atoms with Gasteiger partial charge in [-0.25, -0.2) is 14.8 Å². The maximum atomic E-state index is 13.9. The van der Waals surface area contributed by atoms with Gasteiger partial charge in [0.2, 0.25) is 5.95 Å². The zero-order valence-electron chi connectivity index (χ0n) is 27.9. The Morgan fingerprint density at radius 1 is 0.906 bits per heavy atom. The zero-order chi connectivity index (χ0) is 38.9. The summed E-state index contributed by atoms with van der Waals surface area (Å²) < 4.78 is 129. The Bertz CT molecular complexity index is 1780. The summed E-state index contributed by atoms with van der Waals surface area (Å²) in [6, 6.07) is 2.26. The first-order valence-corrected chi connectivity index (χ1v) is 16.5. The van der Waals surface area contributed by atoms with Crippen molar-refractivity contribution in [1.82, 2.24) is 9.97 Å². The number of amides is 1. The van der Waals surface area contributed by atoms with Gasteiger partial charge in [0.1, 0.15) is 6.61 Å². The van der Waals surface area contributed by atoms with Crippen LogP contribution in [-0.2, 0) is 34.5 Å². The largest absolute Gasteiger partial charge is 0.481 e. The first kappa shape index (κ1) is 39.4. The first-order valence-electron chi connectivity index (χ1n) is 16.5. The van der Waals surface area contributed by atoms with Crippen LogP contribution in [0, 0.1) is 5.92 Å². The Labute approximate surface area is 296 Å². The number of hydrogen-bond donors (Lipinski definition) is 3. The molecular weight excluding hydrogens is 729 g/mol. The number of aliphatic hydroxyl groups is 1. The maximum Gasteiger partial charge on any atom is 0.416 e. The third-order valence-electron chi connectivity index (χ3n) is 9.20. The van der Waals surface area contributed by atoms with Crippen molar-refractivity contribution in [2.45, 2.75) is 69.6 Å². The number of carbonyl (C=O) groups excluding carboxylic acids is 1. The Morgan fingerprint density at radius 2 is 1.53 bits per heavy atom. The molecular formula is C34H34F9N5O5. The second kappa shape index (κ2) is 15.3. The maximum absolute atomic E-state index is 13.9. The van der Waals surface area contributed by atoms with Gasteiger partial charge in [-0.1, -0.05) is 6.92 Å². The van der Waals surface area contributed by atoms with E-state index in [4.69, 9.17) is 9.84 Å². The third-order valence-corrected chi connectivity index (χ3v) is 9.20. The number of fused-ring (bicyclic) bond motifs is 1. The van der Waals surface area contributed by atoms with Crippen molar-refractivity contribution in [3.63, 3.8) is 0 Å². The molecule has 0 bridgehead atoms. The summed E-state index contributed by atoms with van der Waals surface area (Å²) in [5, 5.41) is 21.5. The van der Waals surface area contributed by atoms with Crippen molar-refractivity contribution >= 4 is 29.4 Å². The van der Waals surface area contributed by atoms with E-state index < -0.39 is 78.3 Å². The van der Waals surface area contributed by atoms with Crippen LogP contribution in [0.25, 0.3) is 0 Å². The molecule has 2 aromatic carbocycles. The van der Waals surface area contributed by atoms with Crippen LogP contribution < -0.4 is 15.1 Å². The molecule has 0 unspecified atom stereocenters. The van der Waals surface area contributed by atoms with Crippen molar-refractivity contribution in [3.8, 4) is 0 Å². The molecule has 10 nitrogen and oxygen atoms in total. The van der Waals surface area contributed by atoms with Gasteiger partial charge in [0, 0.05) is 25.6 Å². The molecule has 1 aromatic heterocycles. The fraction of sp³-hybridized carbons (Fsp3) is 0.471. The Balaban J connectivity index is 1.58. The standard InChI is InChI=1S/C34H34F9N5O5/c1-2-23-16-25(24-15-20(32(35,36)37)3-4-27(24)48(23)31(52)53-10-9-49)45-30-44-17-28(47-7-5-19(6-8-47)29(50)51)26(46-30)13-18-11-21(33(38,39)40)14-22(12-18)34(41,42)43/h3-4,11-12,14-15,17,19,23,25,49H,2,5-10,13,16H2,1H3,(H,50,51)(H,44,45,46)/t23-,25+/m1/s1. The summed E-state index contributed by atoms with van der Waals surface area (Å²) in [7, 11) is 0. The number of nitrogens with zero attached hydrogens (tertiary/aromatic N) is 4. The van der Waals surface area contributed by atoms with Gasteiger partial charge in [0.25, 0.3) is 0 Å². The first-order chi connectivity index (χ1) is 24.8. The average molecular weight is 764 g/mol. The van der Waals surface area contributed by atoms with E-state index >= 15 is 0 Å². The summed E-state index contributed by atoms with van der Waals surface area (Å²) >= 11 is 0. The number of aromatic nitrogens is 2. The second-order valence-corrected chi connectivity index (χ2v) is 12.7. The molecule has 1 amide bonds. The van der Waals surface area contributed by atoms with E-state index in [-0.39, 0.29) is 79.2 Å². The molecule has 1 fully saturated rings. The van der Waals surface area contributed by atoms with E-state index in [1.807, 2.05) is 0 Å². The molecule has 0 radical (unpaired) electrons. The minimum Gasteiger partial charge on any atom is -0.481 e. The molecule has 288 valence electrons. The van der Waals surface area contributed by atoms with Crippen LogP contribution in [-0.4, -0.2) is 64.6 Å². The van der Waals surface area contributed by atoms with E-state index in [0.717, 1.165) is 18.2 Å². The molecule has 3 heterocycles. The lowest BCUT2D eigenvalue weighted by Gasteiger charge is -2.40. The lowest BCUT2D eigenvalue weighted by molar-refractivity contribution is -0.144. The SMILES string of the molecule is CC[C@@H]1C[C@H](Nc2ncc(N3CCC(C(=O)O)CC3)c(Cc3cc(C(F)(F)F)cc(C(F)(F)F)c3)n2)c2cc(C(F)(F)F)ccc2N1C(=O)OCCO. The van der Waals surface area contributed by atoms with Crippen LogP contribution >= 0.6 is 0 Å². The van der Waals surface area contributed by atoms with Crippen LogP contribution in [0.1, 0.15) is 72.2 Å². The highest BCUT2D eigenvalue weighted by molar-refractivity contribution is 5.90. The second-order valence-electron chi connectivity index (χ2n) is 12.7. The van der Waals surface area contributed by atoms with Gasteiger partial charge in [-0.15, -0.1) is 0 Å². The van der Waals surface area contributed by atoms with E-state index in [2.05, 4.69) is 15.3 Å². The number of rotatable bonds is 9. The van der Waals surface area contributed by atoms with Gasteiger partial charge < -0.3 is 25.2 Å². The van der Waals surface area contributed by atoms with Crippen molar-refractivity contribution in [2.75, 3.05) is 41.4 Å². The monoisotopic (exact) mass is 763 g/mol. The van der Waals surface area contributed by atoms with Crippen LogP contribution in [0.2, 0.25) is 0 Å². The Hall–Kier alpha value is -4.81. The molecule has 5 rings (SSSR count).